The van der Waals surface area contributed by atoms with Gasteiger partial charge in [0.05, 0.1) is 18.8 Å². The van der Waals surface area contributed by atoms with Crippen LogP contribution in [0.1, 0.15) is 17.3 Å². The lowest BCUT2D eigenvalue weighted by Gasteiger charge is -2.19. The number of likely N-dealkylation sites (N-methyl/N-ethyl adjacent to an activating group) is 1. The average molecular weight is 238 g/mol. The number of hydrogen-bond acceptors (Lipinski definition) is 4. The fraction of sp³-hybridized carbons (Fsp3) is 0.417. The molecule has 0 aliphatic rings. The van der Waals surface area contributed by atoms with Gasteiger partial charge < -0.3 is 20.5 Å². The number of nitrogens with zero attached hydrogens (tertiary/aromatic N) is 1. The van der Waals surface area contributed by atoms with Gasteiger partial charge in [-0.05, 0) is 19.1 Å². The molecule has 0 heterocycles. The fourth-order valence-corrected chi connectivity index (χ4v) is 1.55. The summed E-state index contributed by atoms with van der Waals surface area (Å²) in [5.41, 5.74) is 6.55. The minimum absolute atomic E-state index is 0.217. The second kappa shape index (κ2) is 5.54. The molecule has 0 fully saturated rings. The van der Waals surface area contributed by atoms with Gasteiger partial charge in [-0.25, -0.2) is 0 Å². The topological polar surface area (TPSA) is 75.8 Å². The van der Waals surface area contributed by atoms with Gasteiger partial charge >= 0.3 is 0 Å². The zero-order valence-electron chi connectivity index (χ0n) is 10.3. The zero-order valence-corrected chi connectivity index (χ0v) is 10.3. The zero-order chi connectivity index (χ0) is 13.0. The molecule has 5 nitrogen and oxygen atoms in total. The van der Waals surface area contributed by atoms with E-state index in [0.717, 1.165) is 0 Å². The van der Waals surface area contributed by atoms with E-state index < -0.39 is 6.10 Å². The number of carbonyl (C=O) groups excluding carboxylic acids is 1. The molecule has 3 N–H and O–H groups in total. The number of benzene rings is 1. The van der Waals surface area contributed by atoms with Crippen molar-refractivity contribution in [3.63, 3.8) is 0 Å². The highest BCUT2D eigenvalue weighted by Gasteiger charge is 2.16. The molecule has 0 aliphatic heterocycles. The molecule has 1 atom stereocenters. The SMILES string of the molecule is COc1ccc(C(=O)N(C)CC(C)O)c(N)c1. The Labute approximate surface area is 101 Å². The lowest BCUT2D eigenvalue weighted by molar-refractivity contribution is 0.0704. The third-order valence-electron chi connectivity index (χ3n) is 2.37. The first-order chi connectivity index (χ1) is 7.95. The third kappa shape index (κ3) is 3.35. The maximum absolute atomic E-state index is 12.0. The van der Waals surface area contributed by atoms with Crippen LogP contribution in [0.15, 0.2) is 18.2 Å². The lowest BCUT2D eigenvalue weighted by atomic mass is 10.1. The van der Waals surface area contributed by atoms with Crippen molar-refractivity contribution in [3.05, 3.63) is 23.8 Å². The Bertz CT molecular complexity index is 405. The summed E-state index contributed by atoms with van der Waals surface area (Å²) in [4.78, 5) is 13.4. The van der Waals surface area contributed by atoms with Gasteiger partial charge in [-0.2, -0.15) is 0 Å². The Morgan fingerprint density at radius 3 is 2.71 bits per heavy atom. The van der Waals surface area contributed by atoms with Crippen LogP contribution in [0.25, 0.3) is 0 Å². The van der Waals surface area contributed by atoms with Crippen LogP contribution in [0, 0.1) is 0 Å². The molecular weight excluding hydrogens is 220 g/mol. The number of amides is 1. The maximum Gasteiger partial charge on any atom is 0.255 e. The Kier molecular flexibility index (Phi) is 4.34. The second-order valence-corrected chi connectivity index (χ2v) is 3.99. The first-order valence-corrected chi connectivity index (χ1v) is 5.32. The van der Waals surface area contributed by atoms with Crippen LogP contribution in [0.3, 0.4) is 0 Å². The van der Waals surface area contributed by atoms with E-state index in [1.807, 2.05) is 0 Å². The molecule has 0 saturated carbocycles. The van der Waals surface area contributed by atoms with Gasteiger partial charge in [0.25, 0.3) is 5.91 Å². The van der Waals surface area contributed by atoms with Crippen LogP contribution < -0.4 is 10.5 Å². The Morgan fingerprint density at radius 2 is 2.24 bits per heavy atom. The summed E-state index contributed by atoms with van der Waals surface area (Å²) in [6, 6.07) is 4.90. The van der Waals surface area contributed by atoms with E-state index in [2.05, 4.69) is 0 Å². The van der Waals surface area contributed by atoms with Gasteiger partial charge in [0, 0.05) is 25.3 Å². The summed E-state index contributed by atoms with van der Waals surface area (Å²) < 4.78 is 5.01. The number of aliphatic hydroxyl groups excluding tert-OH is 1. The van der Waals surface area contributed by atoms with Crippen LogP contribution in [-0.4, -0.2) is 42.7 Å². The van der Waals surface area contributed by atoms with Crippen LogP contribution >= 0.6 is 0 Å². The molecule has 0 aliphatic carbocycles. The van der Waals surface area contributed by atoms with Gasteiger partial charge in [-0.1, -0.05) is 0 Å². The summed E-state index contributed by atoms with van der Waals surface area (Å²) in [5.74, 6) is 0.392. The highest BCUT2D eigenvalue weighted by atomic mass is 16.5. The van der Waals surface area contributed by atoms with Crippen molar-refractivity contribution in [2.24, 2.45) is 0 Å². The monoisotopic (exact) mass is 238 g/mol. The number of anilines is 1. The van der Waals surface area contributed by atoms with Crippen molar-refractivity contribution < 1.29 is 14.6 Å². The molecule has 94 valence electrons. The molecule has 0 aromatic heterocycles. The number of nitrogen functional groups attached to an aromatic ring is 1. The third-order valence-corrected chi connectivity index (χ3v) is 2.37. The molecule has 0 spiro atoms. The summed E-state index contributed by atoms with van der Waals surface area (Å²) in [6.07, 6.45) is -0.566. The highest BCUT2D eigenvalue weighted by Crippen LogP contribution is 2.20. The van der Waals surface area contributed by atoms with Crippen LogP contribution in [-0.2, 0) is 0 Å². The number of hydrogen-bond donors (Lipinski definition) is 2. The predicted molar refractivity (Wildman–Crippen MR) is 66.0 cm³/mol. The predicted octanol–water partition coefficient (Wildman–Crippen LogP) is 0.730. The standard InChI is InChI=1S/C12H18N2O3/c1-8(15)7-14(2)12(16)10-5-4-9(17-3)6-11(10)13/h4-6,8,15H,7,13H2,1-3H3. The van der Waals surface area contributed by atoms with Crippen molar-refractivity contribution in [3.8, 4) is 5.75 Å². The highest BCUT2D eigenvalue weighted by molar-refractivity contribution is 5.99. The summed E-state index contributed by atoms with van der Waals surface area (Å²) in [6.45, 7) is 1.89. The maximum atomic E-state index is 12.0. The molecular formula is C12H18N2O3. The smallest absolute Gasteiger partial charge is 0.255 e. The number of methoxy groups -OCH3 is 1. The van der Waals surface area contributed by atoms with E-state index in [1.54, 1.807) is 32.2 Å². The molecule has 1 amide bonds. The number of carbonyl (C=O) groups is 1. The minimum Gasteiger partial charge on any atom is -0.497 e. The van der Waals surface area contributed by atoms with Crippen LogP contribution in [0.4, 0.5) is 5.69 Å². The van der Waals surface area contributed by atoms with Crippen LogP contribution in [0.5, 0.6) is 5.75 Å². The van der Waals surface area contributed by atoms with Crippen LogP contribution in [0.2, 0.25) is 0 Å². The lowest BCUT2D eigenvalue weighted by Crippen LogP contribution is -2.33. The van der Waals surface area contributed by atoms with Gasteiger partial charge in [0.1, 0.15) is 5.75 Å². The summed E-state index contributed by atoms with van der Waals surface area (Å²) in [7, 11) is 3.16. The Morgan fingerprint density at radius 1 is 1.59 bits per heavy atom. The first kappa shape index (κ1) is 13.3. The fourth-order valence-electron chi connectivity index (χ4n) is 1.55. The van der Waals surface area contributed by atoms with Gasteiger partial charge in [0.2, 0.25) is 0 Å². The van der Waals surface area contributed by atoms with Crippen molar-refractivity contribution in [1.82, 2.24) is 4.90 Å². The molecule has 1 aromatic rings. The van der Waals surface area contributed by atoms with E-state index >= 15 is 0 Å². The van der Waals surface area contributed by atoms with Gasteiger partial charge in [-0.15, -0.1) is 0 Å². The number of ether oxygens (including phenoxy) is 1. The van der Waals surface area contributed by atoms with Crippen molar-refractivity contribution in [2.75, 3.05) is 26.4 Å². The molecule has 1 rings (SSSR count). The quantitative estimate of drug-likeness (QED) is 0.758. The van der Waals surface area contributed by atoms with Crippen molar-refractivity contribution >= 4 is 11.6 Å². The largest absolute Gasteiger partial charge is 0.497 e. The molecule has 17 heavy (non-hydrogen) atoms. The molecule has 1 unspecified atom stereocenters. The van der Waals surface area contributed by atoms with E-state index in [9.17, 15) is 9.90 Å². The number of aliphatic hydroxyl groups is 1. The number of rotatable bonds is 4. The van der Waals surface area contributed by atoms with Gasteiger partial charge in [-0.3, -0.25) is 4.79 Å². The Balaban J connectivity index is 2.89. The minimum atomic E-state index is -0.566. The van der Waals surface area contributed by atoms with Crippen molar-refractivity contribution in [2.45, 2.75) is 13.0 Å². The second-order valence-electron chi connectivity index (χ2n) is 3.99. The van der Waals surface area contributed by atoms with E-state index in [0.29, 0.717) is 17.0 Å². The molecule has 0 radical (unpaired) electrons. The average Bonchev–Trinajstić information content (AvgIpc) is 2.27. The molecule has 0 saturated heterocycles. The first-order valence-electron chi connectivity index (χ1n) is 5.32. The number of nitrogens with two attached hydrogens (primary N) is 1. The van der Waals surface area contributed by atoms with E-state index in [4.69, 9.17) is 10.5 Å². The normalized spacial score (nSPS) is 12.0. The van der Waals surface area contributed by atoms with Crippen molar-refractivity contribution in [1.29, 1.82) is 0 Å². The summed E-state index contributed by atoms with van der Waals surface area (Å²) in [5, 5.41) is 9.22. The molecule has 0 bridgehead atoms. The molecule has 1 aromatic carbocycles. The Hall–Kier alpha value is -1.75. The molecule has 5 heteroatoms. The summed E-state index contributed by atoms with van der Waals surface area (Å²) >= 11 is 0. The van der Waals surface area contributed by atoms with E-state index in [1.165, 1.54) is 12.0 Å². The van der Waals surface area contributed by atoms with E-state index in [-0.39, 0.29) is 12.5 Å². The van der Waals surface area contributed by atoms with Gasteiger partial charge in [0.15, 0.2) is 0 Å².